The fourth-order valence-electron chi connectivity index (χ4n) is 2.18. The van der Waals surface area contributed by atoms with Crippen LogP contribution in [0.25, 0.3) is 0 Å². The summed E-state index contributed by atoms with van der Waals surface area (Å²) < 4.78 is 17.7. The Balaban J connectivity index is 1.87. The zero-order valence-electron chi connectivity index (χ0n) is 13.5. The first-order valence-electron chi connectivity index (χ1n) is 7.55. The maximum atomic E-state index is 12.8. The molecule has 0 bridgehead atoms. The van der Waals surface area contributed by atoms with Crippen molar-refractivity contribution >= 4 is 17.4 Å². The normalized spacial score (nSPS) is 10.3. The van der Waals surface area contributed by atoms with Crippen LogP contribution < -0.4 is 0 Å². The van der Waals surface area contributed by atoms with Gasteiger partial charge in [0.25, 0.3) is 5.69 Å². The first kappa shape index (κ1) is 18.3. The molecule has 2 aromatic carbocycles. The van der Waals surface area contributed by atoms with E-state index in [4.69, 9.17) is 4.74 Å². The van der Waals surface area contributed by atoms with Crippen molar-refractivity contribution in [2.24, 2.45) is 0 Å². The van der Waals surface area contributed by atoms with Gasteiger partial charge in [-0.3, -0.25) is 19.7 Å². The minimum atomic E-state index is -0.570. The van der Waals surface area contributed by atoms with Crippen molar-refractivity contribution in [3.63, 3.8) is 0 Å². The van der Waals surface area contributed by atoms with Gasteiger partial charge in [-0.05, 0) is 31.0 Å². The highest BCUT2D eigenvalue weighted by Gasteiger charge is 2.16. The molecule has 130 valence electrons. The number of benzene rings is 2. The van der Waals surface area contributed by atoms with Crippen molar-refractivity contribution in [1.82, 2.24) is 0 Å². The number of nitro benzene ring substituents is 1. The number of rotatable bonds is 7. The van der Waals surface area contributed by atoms with E-state index in [2.05, 4.69) is 0 Å². The van der Waals surface area contributed by atoms with E-state index < -0.39 is 23.3 Å². The third-order valence-electron chi connectivity index (χ3n) is 3.62. The van der Waals surface area contributed by atoms with Crippen LogP contribution >= 0.6 is 0 Å². The smallest absolute Gasteiger partial charge is 0.306 e. The van der Waals surface area contributed by atoms with Crippen LogP contribution in [0.3, 0.4) is 0 Å². The summed E-state index contributed by atoms with van der Waals surface area (Å²) in [7, 11) is 0. The molecule has 0 aliphatic heterocycles. The van der Waals surface area contributed by atoms with E-state index >= 15 is 0 Å². The molecule has 25 heavy (non-hydrogen) atoms. The standard InChI is InChI=1S/C18H16FNO5/c1-12-2-6-14(10-16(12)20(23)24)17(21)11-25-18(22)9-5-13-3-7-15(19)8-4-13/h2-4,6-8,10H,5,9,11H2,1H3. The van der Waals surface area contributed by atoms with Gasteiger partial charge in [0.15, 0.2) is 6.61 Å². The van der Waals surface area contributed by atoms with Crippen LogP contribution in [0.15, 0.2) is 42.5 Å². The number of halogens is 1. The molecule has 0 fully saturated rings. The molecule has 6 nitrogen and oxygen atoms in total. The average molecular weight is 345 g/mol. The number of carbonyl (C=O) groups excluding carboxylic acids is 2. The van der Waals surface area contributed by atoms with Gasteiger partial charge in [-0.1, -0.05) is 24.3 Å². The number of nitrogens with zero attached hydrogens (tertiary/aromatic N) is 1. The highest BCUT2D eigenvalue weighted by Crippen LogP contribution is 2.19. The molecule has 0 amide bonds. The van der Waals surface area contributed by atoms with Crippen LogP contribution in [0, 0.1) is 22.9 Å². The fraction of sp³-hybridized carbons (Fsp3) is 0.222. The third-order valence-corrected chi connectivity index (χ3v) is 3.62. The average Bonchev–Trinajstić information content (AvgIpc) is 2.59. The molecule has 0 unspecified atom stereocenters. The molecule has 0 heterocycles. The number of carbonyl (C=O) groups is 2. The minimum Gasteiger partial charge on any atom is -0.457 e. The lowest BCUT2D eigenvalue weighted by Crippen LogP contribution is -2.14. The molecule has 2 aromatic rings. The molecular weight excluding hydrogens is 329 g/mol. The van der Waals surface area contributed by atoms with E-state index in [1.54, 1.807) is 19.1 Å². The number of Topliss-reactive ketones (excluding diaryl/α,β-unsaturated/α-hetero) is 1. The van der Waals surface area contributed by atoms with Crippen LogP contribution in [-0.2, 0) is 16.0 Å². The van der Waals surface area contributed by atoms with E-state index in [-0.39, 0.29) is 23.5 Å². The highest BCUT2D eigenvalue weighted by molar-refractivity contribution is 5.98. The lowest BCUT2D eigenvalue weighted by Gasteiger charge is -2.05. The second kappa shape index (κ2) is 8.14. The van der Waals surface area contributed by atoms with Gasteiger partial charge in [0, 0.05) is 23.6 Å². The van der Waals surface area contributed by atoms with Crippen molar-refractivity contribution in [2.45, 2.75) is 19.8 Å². The van der Waals surface area contributed by atoms with Crippen molar-refractivity contribution in [3.8, 4) is 0 Å². The number of hydrogen-bond acceptors (Lipinski definition) is 5. The Kier molecular flexibility index (Phi) is 5.94. The Morgan fingerprint density at radius 1 is 1.16 bits per heavy atom. The van der Waals surface area contributed by atoms with Gasteiger partial charge in [-0.25, -0.2) is 4.39 Å². The Bertz CT molecular complexity index is 802. The topological polar surface area (TPSA) is 86.5 Å². The maximum absolute atomic E-state index is 12.8. The molecule has 0 aromatic heterocycles. The van der Waals surface area contributed by atoms with Gasteiger partial charge in [0.1, 0.15) is 5.82 Å². The van der Waals surface area contributed by atoms with Gasteiger partial charge in [-0.2, -0.15) is 0 Å². The zero-order chi connectivity index (χ0) is 18.4. The van der Waals surface area contributed by atoms with Crippen LogP contribution in [0.1, 0.15) is 27.9 Å². The number of ketones is 1. The quantitative estimate of drug-likeness (QED) is 0.332. The van der Waals surface area contributed by atoms with E-state index in [1.807, 2.05) is 0 Å². The molecule has 0 radical (unpaired) electrons. The van der Waals surface area contributed by atoms with E-state index in [1.165, 1.54) is 30.3 Å². The van der Waals surface area contributed by atoms with Gasteiger partial charge >= 0.3 is 5.97 Å². The van der Waals surface area contributed by atoms with Crippen LogP contribution in [0.5, 0.6) is 0 Å². The lowest BCUT2D eigenvalue weighted by molar-refractivity contribution is -0.385. The maximum Gasteiger partial charge on any atom is 0.306 e. The molecule has 0 aliphatic rings. The molecule has 0 saturated heterocycles. The summed E-state index contributed by atoms with van der Waals surface area (Å²) in [4.78, 5) is 34.0. The van der Waals surface area contributed by atoms with E-state index in [9.17, 15) is 24.1 Å². The molecule has 2 rings (SSSR count). The summed E-state index contributed by atoms with van der Waals surface area (Å²) in [6.07, 6.45) is 0.413. The SMILES string of the molecule is Cc1ccc(C(=O)COC(=O)CCc2ccc(F)cc2)cc1[N+](=O)[O-]. The highest BCUT2D eigenvalue weighted by atomic mass is 19.1. The number of aryl methyl sites for hydroxylation is 2. The zero-order valence-corrected chi connectivity index (χ0v) is 13.5. The molecule has 0 aliphatic carbocycles. The summed E-state index contributed by atoms with van der Waals surface area (Å²) in [6, 6.07) is 9.84. The van der Waals surface area contributed by atoms with Crippen LogP contribution in [0.2, 0.25) is 0 Å². The monoisotopic (exact) mass is 345 g/mol. The minimum absolute atomic E-state index is 0.0486. The molecule has 0 spiro atoms. The van der Waals surface area contributed by atoms with Gasteiger partial charge in [0.05, 0.1) is 4.92 Å². The fourth-order valence-corrected chi connectivity index (χ4v) is 2.18. The van der Waals surface area contributed by atoms with Crippen LogP contribution in [0.4, 0.5) is 10.1 Å². The van der Waals surface area contributed by atoms with Gasteiger partial charge in [-0.15, -0.1) is 0 Å². The largest absolute Gasteiger partial charge is 0.457 e. The van der Waals surface area contributed by atoms with Crippen molar-refractivity contribution in [3.05, 3.63) is 75.1 Å². The summed E-state index contributed by atoms with van der Waals surface area (Å²) >= 11 is 0. The van der Waals surface area contributed by atoms with Crippen molar-refractivity contribution in [2.75, 3.05) is 6.61 Å². The first-order valence-corrected chi connectivity index (χ1v) is 7.55. The van der Waals surface area contributed by atoms with Gasteiger partial charge < -0.3 is 4.74 Å². The predicted molar refractivity (Wildman–Crippen MR) is 87.8 cm³/mol. The van der Waals surface area contributed by atoms with Crippen molar-refractivity contribution in [1.29, 1.82) is 0 Å². The molecule has 0 saturated carbocycles. The molecule has 0 atom stereocenters. The first-order chi connectivity index (χ1) is 11.9. The van der Waals surface area contributed by atoms with E-state index in [0.717, 1.165) is 5.56 Å². The van der Waals surface area contributed by atoms with Crippen molar-refractivity contribution < 1.29 is 23.6 Å². The second-order valence-electron chi connectivity index (χ2n) is 5.47. The predicted octanol–water partition coefficient (Wildman–Crippen LogP) is 3.40. The summed E-state index contributed by atoms with van der Waals surface area (Å²) in [5, 5.41) is 10.9. The lowest BCUT2D eigenvalue weighted by atomic mass is 10.1. The molecule has 7 heteroatoms. The number of nitro groups is 1. The second-order valence-corrected chi connectivity index (χ2v) is 5.47. The molecular formula is C18H16FNO5. The number of esters is 1. The summed E-state index contributed by atoms with van der Waals surface area (Å²) in [5.74, 6) is -1.44. The summed E-state index contributed by atoms with van der Waals surface area (Å²) in [5.41, 5.74) is 1.17. The summed E-state index contributed by atoms with van der Waals surface area (Å²) in [6.45, 7) is 1.09. The van der Waals surface area contributed by atoms with Crippen LogP contribution in [-0.4, -0.2) is 23.3 Å². The number of ether oxygens (including phenoxy) is 1. The van der Waals surface area contributed by atoms with E-state index in [0.29, 0.717) is 12.0 Å². The molecule has 0 N–H and O–H groups in total. The Morgan fingerprint density at radius 2 is 1.84 bits per heavy atom. The third kappa shape index (κ3) is 5.20. The Morgan fingerprint density at radius 3 is 2.48 bits per heavy atom. The number of hydrogen-bond donors (Lipinski definition) is 0. The Labute approximate surface area is 143 Å². The Hall–Kier alpha value is -3.09. The van der Waals surface area contributed by atoms with Gasteiger partial charge in [0.2, 0.25) is 5.78 Å².